The van der Waals surface area contributed by atoms with E-state index >= 15 is 0 Å². The second-order valence-electron chi connectivity index (χ2n) is 22.8. The predicted octanol–water partition coefficient (Wildman–Crippen LogP) is 7.75. The van der Waals surface area contributed by atoms with Crippen LogP contribution in [-0.2, 0) is 44.7 Å². The van der Waals surface area contributed by atoms with Gasteiger partial charge in [-0.25, -0.2) is 0 Å². The molecule has 10 aliphatic rings. The van der Waals surface area contributed by atoms with Crippen LogP contribution in [0.25, 0.3) is 11.1 Å². The Bertz CT molecular complexity index is 4240. The summed E-state index contributed by atoms with van der Waals surface area (Å²) in [4.78, 5) is 23.0. The van der Waals surface area contributed by atoms with E-state index in [0.717, 1.165) is 22.3 Å². The van der Waals surface area contributed by atoms with Crippen molar-refractivity contribution >= 4 is 22.7 Å². The number of allylic oxidation sites excluding steroid dienone is 5. The first-order valence-corrected chi connectivity index (χ1v) is 26.8. The number of carbonyl (C=O) groups excluding carboxylic acids is 2. The van der Waals surface area contributed by atoms with Gasteiger partial charge in [0.05, 0.1) is 0 Å². The highest BCUT2D eigenvalue weighted by molar-refractivity contribution is 6.07. The molecule has 6 unspecified atom stereocenters. The van der Waals surface area contributed by atoms with E-state index in [0.29, 0.717) is 80.0 Å². The molecule has 4 heterocycles. The number of carbonyl (C=O) groups is 2. The van der Waals surface area contributed by atoms with Gasteiger partial charge in [0.25, 0.3) is 0 Å². The number of ether oxygens (including phenoxy) is 4. The third-order valence-corrected chi connectivity index (χ3v) is 17.2. The van der Waals surface area contributed by atoms with Crippen molar-refractivity contribution in [3.63, 3.8) is 0 Å². The molecule has 472 valence electrons. The monoisotopic (exact) mass is 1240 g/mol. The van der Waals surface area contributed by atoms with Gasteiger partial charge in [0, 0.05) is 83.1 Å². The van der Waals surface area contributed by atoms with Crippen LogP contribution in [0.5, 0.6) is 74.7 Å². The van der Waals surface area contributed by atoms with Gasteiger partial charge < -0.3 is 101 Å². The number of aromatic hydroxyl groups is 11. The molecule has 0 saturated heterocycles. The van der Waals surface area contributed by atoms with Crippen molar-refractivity contribution in [3.05, 3.63) is 193 Å². The molecule has 0 aromatic heterocycles. The van der Waals surface area contributed by atoms with Crippen molar-refractivity contribution in [1.82, 2.24) is 0 Å². The van der Waals surface area contributed by atoms with Crippen LogP contribution in [0, 0.1) is 0 Å². The number of phenolic OH excluding ortho intramolecular Hbond substituents is 11. The molecule has 6 aromatic rings. The lowest BCUT2D eigenvalue weighted by Gasteiger charge is -2.36. The van der Waals surface area contributed by atoms with E-state index in [9.17, 15) is 91.3 Å². The zero-order valence-corrected chi connectivity index (χ0v) is 44.8. The van der Waals surface area contributed by atoms with Gasteiger partial charge in [-0.3, -0.25) is 9.59 Å². The molecule has 4 aliphatic heterocycles. The van der Waals surface area contributed by atoms with Crippen LogP contribution >= 0.6 is 0 Å². The first kappa shape index (κ1) is 64.2. The minimum atomic E-state index is -1.33. The molecular formula is C68H68O22. The Labute approximate surface area is 515 Å². The molecule has 6 aromatic carbocycles. The summed E-state index contributed by atoms with van der Waals surface area (Å²) < 4.78 is 22.0. The van der Waals surface area contributed by atoms with Crippen molar-refractivity contribution in [2.75, 3.05) is 26.4 Å². The maximum absolute atomic E-state index is 11.5. The maximum atomic E-state index is 11.5. The smallest absolute Gasteiger partial charge is 0.224 e. The molecular weight excluding hydrogens is 1170 g/mol. The van der Waals surface area contributed by atoms with Crippen LogP contribution in [0.1, 0.15) is 97.2 Å². The molecule has 0 saturated carbocycles. The van der Waals surface area contributed by atoms with Gasteiger partial charge in [0.15, 0.2) is 69.0 Å². The molecule has 0 radical (unpaired) electrons. The largest absolute Gasteiger partial charge is 0.508 e. The number of benzene rings is 6. The molecule has 16 N–H and O–H groups in total. The average molecular weight is 1240 g/mol. The van der Waals surface area contributed by atoms with Crippen molar-refractivity contribution in [2.24, 2.45) is 0 Å². The quantitative estimate of drug-likeness (QED) is 0.0646. The summed E-state index contributed by atoms with van der Waals surface area (Å²) in [6.07, 6.45) is 8.23. The molecule has 0 spiro atoms. The Morgan fingerprint density at radius 3 is 1.44 bits per heavy atom. The second-order valence-corrected chi connectivity index (χ2v) is 22.8. The third-order valence-electron chi connectivity index (χ3n) is 17.2. The molecule has 16 rings (SSSR count). The summed E-state index contributed by atoms with van der Waals surface area (Å²) in [6, 6.07) is 19.2. The Hall–Kier alpha value is -10.3. The SMILES string of the molecule is C.C.C.C.O=C1C=CC2=C3c4cc(O)c(O)cc4CC3(O)COC2=C1.O=C1C=CC2=C3c4cc(O)c(O)cc4CC3(O)COC2=C1O.Oc1cc2c(cc1O)C1c3ccc(O)c(O)c3OCC1(O)C2.Oc1ccc2c(c1)OCC1(O)Cc3cc(O)c(O)cc3C21. The second kappa shape index (κ2) is 22.4. The number of phenols is 11. The van der Waals surface area contributed by atoms with Gasteiger partial charge in [-0.05, 0) is 129 Å². The van der Waals surface area contributed by atoms with Crippen molar-refractivity contribution < 1.29 is 110 Å². The first-order valence-electron chi connectivity index (χ1n) is 26.8. The number of aliphatic hydroxyl groups is 5. The summed E-state index contributed by atoms with van der Waals surface area (Å²) in [5.41, 5.74) is 4.22. The van der Waals surface area contributed by atoms with Crippen molar-refractivity contribution in [3.8, 4) is 74.7 Å². The number of hydrogen-bond acceptors (Lipinski definition) is 22. The highest BCUT2D eigenvalue weighted by atomic mass is 16.5. The highest BCUT2D eigenvalue weighted by Crippen LogP contribution is 2.58. The third kappa shape index (κ3) is 10.0. The maximum Gasteiger partial charge on any atom is 0.224 e. The fourth-order valence-corrected chi connectivity index (χ4v) is 13.4. The molecule has 0 bridgehead atoms. The Morgan fingerprint density at radius 2 is 0.878 bits per heavy atom. The number of aliphatic hydroxyl groups excluding tert-OH is 1. The molecule has 0 fully saturated rings. The normalized spacial score (nSPS) is 24.5. The minimum absolute atomic E-state index is 0. The van der Waals surface area contributed by atoms with Crippen LogP contribution in [0.15, 0.2) is 138 Å². The summed E-state index contributed by atoms with van der Waals surface area (Å²) in [5, 5.41) is 160. The van der Waals surface area contributed by atoms with E-state index in [1.807, 2.05) is 0 Å². The van der Waals surface area contributed by atoms with Crippen LogP contribution < -0.4 is 9.47 Å². The van der Waals surface area contributed by atoms with Crippen molar-refractivity contribution in [2.45, 2.75) is 89.6 Å². The van der Waals surface area contributed by atoms with E-state index in [1.54, 1.807) is 24.3 Å². The van der Waals surface area contributed by atoms with Crippen molar-refractivity contribution in [1.29, 1.82) is 0 Å². The van der Waals surface area contributed by atoms with Crippen LogP contribution in [0.3, 0.4) is 0 Å². The minimum Gasteiger partial charge on any atom is -0.508 e. The highest BCUT2D eigenvalue weighted by Gasteiger charge is 2.53. The van der Waals surface area contributed by atoms with E-state index < -0.39 is 39.9 Å². The Kier molecular flexibility index (Phi) is 16.0. The molecule has 6 atom stereocenters. The topological polar surface area (TPSA) is 395 Å². The van der Waals surface area contributed by atoms with Gasteiger partial charge in [0.1, 0.15) is 66.1 Å². The zero-order chi connectivity index (χ0) is 60.8. The standard InChI is InChI=1S/C16H14O6.C16H12O6.C16H14O5.C16H12O5.4CH4/c2*17-10-2-1-8-13-9-4-12(19)11(18)3-7(9)5-16(13,21)6-22-15(8)14(10)20;2*17-9-1-2-10-14(4-9)21-7-16(20)6-8-3-12(18)13(19)5-11(8)15(10)16;;;;/h1-4,13,17-21H,5-6H2;1-4,18-21H,5-6H2;1-5,15,17-20H,6-7H2;1-5,18-20H,6-7H2;4*1H4. The summed E-state index contributed by atoms with van der Waals surface area (Å²) in [7, 11) is 0. The van der Waals surface area contributed by atoms with E-state index in [-0.39, 0.29) is 155 Å². The lowest BCUT2D eigenvalue weighted by molar-refractivity contribution is -0.114. The Balaban J connectivity index is 0.000000140. The lowest BCUT2D eigenvalue weighted by atomic mass is 9.80. The van der Waals surface area contributed by atoms with Crippen LogP contribution in [0.2, 0.25) is 0 Å². The lowest BCUT2D eigenvalue weighted by Crippen LogP contribution is -2.43. The molecule has 90 heavy (non-hydrogen) atoms. The van der Waals surface area contributed by atoms with Gasteiger partial charge in [-0.2, -0.15) is 0 Å². The van der Waals surface area contributed by atoms with E-state index in [1.165, 1.54) is 85.0 Å². The Morgan fingerprint density at radius 1 is 0.411 bits per heavy atom. The van der Waals surface area contributed by atoms with Gasteiger partial charge in [0.2, 0.25) is 17.3 Å². The molecule has 22 heteroatoms. The molecule has 6 aliphatic carbocycles. The summed E-state index contributed by atoms with van der Waals surface area (Å²) in [6.45, 7) is -0.0419. The van der Waals surface area contributed by atoms with Crippen LogP contribution in [-0.4, -0.2) is 142 Å². The zero-order valence-electron chi connectivity index (χ0n) is 44.8. The first-order chi connectivity index (χ1) is 40.8. The summed E-state index contributed by atoms with van der Waals surface area (Å²) in [5.74, 6) is -3.41. The van der Waals surface area contributed by atoms with Gasteiger partial charge in [-0.1, -0.05) is 41.8 Å². The average Bonchev–Trinajstić information content (AvgIpc) is 1.57. The van der Waals surface area contributed by atoms with E-state index in [2.05, 4.69) is 0 Å². The van der Waals surface area contributed by atoms with E-state index in [4.69, 9.17) is 18.9 Å². The fourth-order valence-electron chi connectivity index (χ4n) is 13.4. The number of ketones is 2. The predicted molar refractivity (Wildman–Crippen MR) is 325 cm³/mol. The molecule has 0 amide bonds. The number of hydrogen-bond donors (Lipinski definition) is 16. The number of fused-ring (bicyclic) bond motifs is 18. The van der Waals surface area contributed by atoms with Gasteiger partial charge >= 0.3 is 0 Å². The molecule has 22 nitrogen and oxygen atoms in total. The summed E-state index contributed by atoms with van der Waals surface area (Å²) >= 11 is 0. The fraction of sp³-hybridized carbons (Fsp3) is 0.265. The number of rotatable bonds is 0. The van der Waals surface area contributed by atoms with Crippen LogP contribution in [0.4, 0.5) is 0 Å². The van der Waals surface area contributed by atoms with Gasteiger partial charge in [-0.15, -0.1) is 0 Å².